The third-order valence-electron chi connectivity index (χ3n) is 2.26. The van der Waals surface area contributed by atoms with Crippen molar-refractivity contribution in [1.29, 1.82) is 0 Å². The number of benzene rings is 1. The van der Waals surface area contributed by atoms with Gasteiger partial charge in [-0.05, 0) is 26.0 Å². The number of methoxy groups -OCH3 is 1. The standard InChI is InChI=1S/C11H16FNO/c1-4-13(5-2)11-7-6-9(14-3)8-10(11)12/h6-8H,4-5H2,1-3H3. The van der Waals surface area contributed by atoms with Crippen molar-refractivity contribution in [2.24, 2.45) is 0 Å². The molecule has 0 N–H and O–H groups in total. The lowest BCUT2D eigenvalue weighted by Gasteiger charge is -2.21. The summed E-state index contributed by atoms with van der Waals surface area (Å²) in [6, 6.07) is 4.94. The maximum atomic E-state index is 13.5. The molecule has 0 saturated carbocycles. The van der Waals surface area contributed by atoms with Crippen LogP contribution in [-0.2, 0) is 0 Å². The molecule has 78 valence electrons. The summed E-state index contributed by atoms with van der Waals surface area (Å²) in [4.78, 5) is 1.97. The van der Waals surface area contributed by atoms with Crippen molar-refractivity contribution < 1.29 is 9.13 Å². The van der Waals surface area contributed by atoms with Gasteiger partial charge in [-0.25, -0.2) is 4.39 Å². The van der Waals surface area contributed by atoms with Crippen molar-refractivity contribution in [2.75, 3.05) is 25.1 Å². The van der Waals surface area contributed by atoms with Gasteiger partial charge in [0.15, 0.2) is 0 Å². The van der Waals surface area contributed by atoms with Gasteiger partial charge in [0.2, 0.25) is 0 Å². The van der Waals surface area contributed by atoms with E-state index in [1.54, 1.807) is 12.1 Å². The first kappa shape index (κ1) is 10.8. The average Bonchev–Trinajstić information content (AvgIpc) is 2.22. The van der Waals surface area contributed by atoms with Crippen LogP contribution in [0.2, 0.25) is 0 Å². The Morgan fingerprint density at radius 1 is 1.29 bits per heavy atom. The zero-order valence-corrected chi connectivity index (χ0v) is 8.88. The van der Waals surface area contributed by atoms with Gasteiger partial charge in [-0.3, -0.25) is 0 Å². The highest BCUT2D eigenvalue weighted by atomic mass is 19.1. The van der Waals surface area contributed by atoms with E-state index in [-0.39, 0.29) is 5.82 Å². The Morgan fingerprint density at radius 3 is 2.36 bits per heavy atom. The number of anilines is 1. The van der Waals surface area contributed by atoms with Crippen molar-refractivity contribution in [3.8, 4) is 5.75 Å². The molecule has 0 unspecified atom stereocenters. The lowest BCUT2D eigenvalue weighted by atomic mass is 10.2. The van der Waals surface area contributed by atoms with Crippen LogP contribution < -0.4 is 9.64 Å². The molecule has 0 spiro atoms. The minimum atomic E-state index is -0.229. The van der Waals surface area contributed by atoms with Gasteiger partial charge in [-0.2, -0.15) is 0 Å². The summed E-state index contributed by atoms with van der Waals surface area (Å²) in [5.41, 5.74) is 0.635. The maximum absolute atomic E-state index is 13.5. The van der Waals surface area contributed by atoms with E-state index in [0.717, 1.165) is 13.1 Å². The van der Waals surface area contributed by atoms with Gasteiger partial charge >= 0.3 is 0 Å². The molecule has 3 heteroatoms. The van der Waals surface area contributed by atoms with Gasteiger partial charge in [-0.15, -0.1) is 0 Å². The molecule has 0 bridgehead atoms. The molecule has 2 nitrogen and oxygen atoms in total. The van der Waals surface area contributed by atoms with E-state index in [1.807, 2.05) is 18.7 Å². The number of nitrogens with zero attached hydrogens (tertiary/aromatic N) is 1. The van der Waals surface area contributed by atoms with E-state index in [2.05, 4.69) is 0 Å². The summed E-state index contributed by atoms with van der Waals surface area (Å²) in [7, 11) is 1.53. The smallest absolute Gasteiger partial charge is 0.150 e. The van der Waals surface area contributed by atoms with Crippen molar-refractivity contribution in [2.45, 2.75) is 13.8 Å². The summed E-state index contributed by atoms with van der Waals surface area (Å²) >= 11 is 0. The van der Waals surface area contributed by atoms with Crippen LogP contribution in [-0.4, -0.2) is 20.2 Å². The second-order valence-corrected chi connectivity index (χ2v) is 2.99. The molecule has 0 aliphatic heterocycles. The van der Waals surface area contributed by atoms with Gasteiger partial charge in [0.1, 0.15) is 11.6 Å². The zero-order chi connectivity index (χ0) is 10.6. The minimum Gasteiger partial charge on any atom is -0.497 e. The van der Waals surface area contributed by atoms with Crippen molar-refractivity contribution in [3.63, 3.8) is 0 Å². The quantitative estimate of drug-likeness (QED) is 0.735. The summed E-state index contributed by atoms with van der Waals surface area (Å²) in [5, 5.41) is 0. The molecule has 0 amide bonds. The number of halogens is 1. The predicted molar refractivity (Wildman–Crippen MR) is 56.5 cm³/mol. The van der Waals surface area contributed by atoms with Crippen LogP contribution in [0.25, 0.3) is 0 Å². The molecule has 0 aromatic heterocycles. The first-order valence-corrected chi connectivity index (χ1v) is 4.81. The predicted octanol–water partition coefficient (Wildman–Crippen LogP) is 2.68. The first-order valence-electron chi connectivity index (χ1n) is 4.81. The van der Waals surface area contributed by atoms with Crippen LogP contribution in [0.1, 0.15) is 13.8 Å². The monoisotopic (exact) mass is 197 g/mol. The topological polar surface area (TPSA) is 12.5 Å². The molecule has 14 heavy (non-hydrogen) atoms. The lowest BCUT2D eigenvalue weighted by Crippen LogP contribution is -2.22. The van der Waals surface area contributed by atoms with Crippen LogP contribution in [0, 0.1) is 5.82 Å². The van der Waals surface area contributed by atoms with Crippen molar-refractivity contribution in [3.05, 3.63) is 24.0 Å². The van der Waals surface area contributed by atoms with Crippen molar-refractivity contribution in [1.82, 2.24) is 0 Å². The number of hydrogen-bond acceptors (Lipinski definition) is 2. The van der Waals surface area contributed by atoms with E-state index in [0.29, 0.717) is 11.4 Å². The SMILES string of the molecule is CCN(CC)c1ccc(OC)cc1F. The highest BCUT2D eigenvalue weighted by Gasteiger charge is 2.08. The van der Waals surface area contributed by atoms with E-state index >= 15 is 0 Å². The van der Waals surface area contributed by atoms with Crippen LogP contribution in [0.4, 0.5) is 10.1 Å². The highest BCUT2D eigenvalue weighted by molar-refractivity contribution is 5.50. The van der Waals surface area contributed by atoms with Gasteiger partial charge in [0.05, 0.1) is 12.8 Å². The molecule has 0 fully saturated rings. The average molecular weight is 197 g/mol. The van der Waals surface area contributed by atoms with Gasteiger partial charge in [-0.1, -0.05) is 0 Å². The molecular formula is C11H16FNO. The molecular weight excluding hydrogens is 181 g/mol. The Bertz CT molecular complexity index is 297. The fourth-order valence-electron chi connectivity index (χ4n) is 1.44. The first-order chi connectivity index (χ1) is 6.72. The summed E-state index contributed by atoms with van der Waals surface area (Å²) in [6.45, 7) is 5.62. The van der Waals surface area contributed by atoms with E-state index < -0.39 is 0 Å². The number of rotatable bonds is 4. The lowest BCUT2D eigenvalue weighted by molar-refractivity contribution is 0.411. The Labute approximate surface area is 84.3 Å². The molecule has 1 aromatic carbocycles. The Balaban J connectivity index is 2.98. The molecule has 0 aliphatic rings. The van der Waals surface area contributed by atoms with Crippen LogP contribution in [0.3, 0.4) is 0 Å². The third-order valence-corrected chi connectivity index (χ3v) is 2.26. The zero-order valence-electron chi connectivity index (χ0n) is 8.88. The molecule has 0 atom stereocenters. The largest absolute Gasteiger partial charge is 0.497 e. The Morgan fingerprint density at radius 2 is 1.93 bits per heavy atom. The normalized spacial score (nSPS) is 10.0. The van der Waals surface area contributed by atoms with Crippen LogP contribution in [0.15, 0.2) is 18.2 Å². The van der Waals surface area contributed by atoms with E-state index in [4.69, 9.17) is 4.74 Å². The van der Waals surface area contributed by atoms with Gasteiger partial charge in [0, 0.05) is 19.2 Å². The second kappa shape index (κ2) is 4.84. The van der Waals surface area contributed by atoms with E-state index in [9.17, 15) is 4.39 Å². The Kier molecular flexibility index (Phi) is 3.74. The summed E-state index contributed by atoms with van der Waals surface area (Å²) in [5.74, 6) is 0.325. The minimum absolute atomic E-state index is 0.229. The van der Waals surface area contributed by atoms with Crippen LogP contribution >= 0.6 is 0 Å². The molecule has 1 rings (SSSR count). The Hall–Kier alpha value is -1.25. The highest BCUT2D eigenvalue weighted by Crippen LogP contribution is 2.23. The van der Waals surface area contributed by atoms with E-state index in [1.165, 1.54) is 13.2 Å². The number of hydrogen-bond donors (Lipinski definition) is 0. The molecule has 1 aromatic rings. The maximum Gasteiger partial charge on any atom is 0.150 e. The van der Waals surface area contributed by atoms with Crippen LogP contribution in [0.5, 0.6) is 5.75 Å². The summed E-state index contributed by atoms with van der Waals surface area (Å²) in [6.07, 6.45) is 0. The fraction of sp³-hybridized carbons (Fsp3) is 0.455. The third kappa shape index (κ3) is 2.16. The summed E-state index contributed by atoms with van der Waals surface area (Å²) < 4.78 is 18.5. The van der Waals surface area contributed by atoms with Gasteiger partial charge in [0.25, 0.3) is 0 Å². The molecule has 0 saturated heterocycles. The molecule has 0 aliphatic carbocycles. The van der Waals surface area contributed by atoms with Gasteiger partial charge < -0.3 is 9.64 Å². The fourth-order valence-corrected chi connectivity index (χ4v) is 1.44. The second-order valence-electron chi connectivity index (χ2n) is 2.99. The van der Waals surface area contributed by atoms with Crippen molar-refractivity contribution >= 4 is 5.69 Å². The number of ether oxygens (including phenoxy) is 1. The molecule has 0 radical (unpaired) electrons. The molecule has 0 heterocycles.